The zero-order chi connectivity index (χ0) is 15.5. The van der Waals surface area contributed by atoms with Crippen LogP contribution in [-0.4, -0.2) is 22.1 Å². The van der Waals surface area contributed by atoms with E-state index in [0.717, 1.165) is 24.9 Å². The summed E-state index contributed by atoms with van der Waals surface area (Å²) in [6, 6.07) is 8.72. The molecule has 116 valence electrons. The molecule has 1 amide bonds. The largest absolute Gasteiger partial charge is 0.326 e. The second-order valence-electron chi connectivity index (χ2n) is 6.01. The average molecular weight is 298 g/mol. The highest BCUT2D eigenvalue weighted by molar-refractivity contribution is 5.88. The van der Waals surface area contributed by atoms with Crippen LogP contribution in [0.4, 0.5) is 5.69 Å². The number of aromatic amines is 1. The number of carbonyl (C=O) groups excluding carboxylic acids is 1. The van der Waals surface area contributed by atoms with Gasteiger partial charge in [-0.2, -0.15) is 5.10 Å². The summed E-state index contributed by atoms with van der Waals surface area (Å²) in [6.07, 6.45) is 5.11. The number of fused-ring (bicyclic) bond motifs is 1. The van der Waals surface area contributed by atoms with E-state index in [2.05, 4.69) is 33.8 Å². The molecule has 0 unspecified atom stereocenters. The second-order valence-corrected chi connectivity index (χ2v) is 6.01. The maximum atomic E-state index is 11.2. The third kappa shape index (κ3) is 3.36. The monoisotopic (exact) mass is 298 g/mol. The van der Waals surface area contributed by atoms with Crippen LogP contribution in [0.1, 0.15) is 43.1 Å². The van der Waals surface area contributed by atoms with Gasteiger partial charge in [-0.1, -0.05) is 12.1 Å². The summed E-state index contributed by atoms with van der Waals surface area (Å²) in [5.74, 6) is -0.0440. The van der Waals surface area contributed by atoms with Gasteiger partial charge in [0.15, 0.2) is 0 Å². The molecular formula is C17H22N4O. The van der Waals surface area contributed by atoms with Gasteiger partial charge in [-0.15, -0.1) is 0 Å². The Morgan fingerprint density at radius 1 is 1.45 bits per heavy atom. The minimum absolute atomic E-state index is 0.0440. The third-order valence-electron chi connectivity index (χ3n) is 4.21. The molecule has 1 aliphatic carbocycles. The first-order valence-electron chi connectivity index (χ1n) is 7.76. The number of H-pyrrole nitrogens is 1. The van der Waals surface area contributed by atoms with Crippen LogP contribution in [0, 0.1) is 0 Å². The van der Waals surface area contributed by atoms with Crippen molar-refractivity contribution in [2.75, 3.05) is 5.32 Å². The van der Waals surface area contributed by atoms with Gasteiger partial charge < -0.3 is 10.6 Å². The molecule has 0 fully saturated rings. The molecule has 2 atom stereocenters. The molecule has 22 heavy (non-hydrogen) atoms. The molecule has 2 aromatic rings. The molecular weight excluding hydrogens is 276 g/mol. The molecule has 0 aliphatic heterocycles. The first-order valence-corrected chi connectivity index (χ1v) is 7.76. The lowest BCUT2D eigenvalue weighted by Crippen LogP contribution is -2.36. The van der Waals surface area contributed by atoms with Crippen LogP contribution in [0.15, 0.2) is 30.5 Å². The molecule has 1 aliphatic rings. The van der Waals surface area contributed by atoms with Crippen molar-refractivity contribution in [3.05, 3.63) is 47.3 Å². The van der Waals surface area contributed by atoms with Crippen LogP contribution in [0.2, 0.25) is 0 Å². The lowest BCUT2D eigenvalue weighted by atomic mass is 9.92. The van der Waals surface area contributed by atoms with E-state index >= 15 is 0 Å². The van der Waals surface area contributed by atoms with Crippen LogP contribution in [0.5, 0.6) is 0 Å². The second kappa shape index (κ2) is 6.32. The number of amides is 1. The number of benzene rings is 1. The van der Waals surface area contributed by atoms with Crippen molar-refractivity contribution in [1.82, 2.24) is 15.5 Å². The van der Waals surface area contributed by atoms with E-state index in [1.54, 1.807) is 0 Å². The fourth-order valence-corrected chi connectivity index (χ4v) is 3.10. The highest BCUT2D eigenvalue weighted by Crippen LogP contribution is 2.23. The molecule has 0 bridgehead atoms. The maximum absolute atomic E-state index is 11.2. The van der Waals surface area contributed by atoms with Gasteiger partial charge in [0.05, 0.1) is 6.20 Å². The predicted molar refractivity (Wildman–Crippen MR) is 86.7 cm³/mol. The number of rotatable bonds is 4. The normalized spacial score (nSPS) is 18.5. The minimum atomic E-state index is -0.0440. The summed E-state index contributed by atoms with van der Waals surface area (Å²) in [6.45, 7) is 3.69. The fourth-order valence-electron chi connectivity index (χ4n) is 3.10. The number of nitrogens with zero attached hydrogens (tertiary/aromatic N) is 1. The number of aromatic nitrogens is 2. The molecule has 5 nitrogen and oxygen atoms in total. The summed E-state index contributed by atoms with van der Waals surface area (Å²) in [4.78, 5) is 11.2. The lowest BCUT2D eigenvalue weighted by Gasteiger charge is -2.27. The standard InChI is InChI=1S/C17H22N4O/c1-11(13-4-3-5-15(8-13)20-12(2)22)19-16-6-7-17-14(9-16)10-18-21-17/h3-5,8,10-11,16,19H,6-7,9H2,1-2H3,(H,18,21)(H,20,22)/t11-,16-/m1/s1. The first kappa shape index (κ1) is 14.8. The van der Waals surface area contributed by atoms with Crippen molar-refractivity contribution >= 4 is 11.6 Å². The van der Waals surface area contributed by atoms with Crippen molar-refractivity contribution in [3.63, 3.8) is 0 Å². The van der Waals surface area contributed by atoms with Crippen LogP contribution in [-0.2, 0) is 17.6 Å². The van der Waals surface area contributed by atoms with Gasteiger partial charge in [0.2, 0.25) is 5.91 Å². The summed E-state index contributed by atoms with van der Waals surface area (Å²) < 4.78 is 0. The summed E-state index contributed by atoms with van der Waals surface area (Å²) in [7, 11) is 0. The summed E-state index contributed by atoms with van der Waals surface area (Å²) >= 11 is 0. The third-order valence-corrected chi connectivity index (χ3v) is 4.21. The molecule has 0 saturated carbocycles. The van der Waals surface area contributed by atoms with E-state index < -0.39 is 0 Å². The van der Waals surface area contributed by atoms with Crippen molar-refractivity contribution in [1.29, 1.82) is 0 Å². The highest BCUT2D eigenvalue weighted by Gasteiger charge is 2.21. The van der Waals surface area contributed by atoms with Crippen LogP contribution >= 0.6 is 0 Å². The van der Waals surface area contributed by atoms with Crippen LogP contribution in [0.3, 0.4) is 0 Å². The molecule has 3 N–H and O–H groups in total. The van der Waals surface area contributed by atoms with Crippen molar-refractivity contribution in [2.45, 2.75) is 45.2 Å². The Kier molecular flexibility index (Phi) is 4.24. The molecule has 1 aromatic carbocycles. The topological polar surface area (TPSA) is 69.8 Å². The van der Waals surface area contributed by atoms with E-state index in [4.69, 9.17) is 0 Å². The molecule has 1 aromatic heterocycles. The maximum Gasteiger partial charge on any atom is 0.221 e. The van der Waals surface area contributed by atoms with Gasteiger partial charge in [0.25, 0.3) is 0 Å². The van der Waals surface area contributed by atoms with Gasteiger partial charge in [0.1, 0.15) is 0 Å². The number of nitrogens with one attached hydrogen (secondary N) is 3. The molecule has 0 spiro atoms. The molecule has 0 radical (unpaired) electrons. The average Bonchev–Trinajstić information content (AvgIpc) is 2.94. The number of carbonyl (C=O) groups is 1. The van der Waals surface area contributed by atoms with Crippen LogP contribution < -0.4 is 10.6 Å². The van der Waals surface area contributed by atoms with Crippen LogP contribution in [0.25, 0.3) is 0 Å². The molecule has 3 rings (SSSR count). The highest BCUT2D eigenvalue weighted by atomic mass is 16.1. The number of hydrogen-bond donors (Lipinski definition) is 3. The Balaban J connectivity index is 1.65. The fraction of sp³-hybridized carbons (Fsp3) is 0.412. The Hall–Kier alpha value is -2.14. The number of anilines is 1. The molecule has 0 saturated heterocycles. The lowest BCUT2D eigenvalue weighted by molar-refractivity contribution is -0.114. The Morgan fingerprint density at radius 2 is 2.32 bits per heavy atom. The molecule has 1 heterocycles. The van der Waals surface area contributed by atoms with Gasteiger partial charge in [-0.05, 0) is 49.4 Å². The van der Waals surface area contributed by atoms with Gasteiger partial charge in [0, 0.05) is 30.4 Å². The number of aryl methyl sites for hydroxylation is 1. The van der Waals surface area contributed by atoms with E-state index in [0.29, 0.717) is 6.04 Å². The van der Waals surface area contributed by atoms with Crippen molar-refractivity contribution in [2.24, 2.45) is 0 Å². The molecule has 5 heteroatoms. The van der Waals surface area contributed by atoms with Crippen molar-refractivity contribution < 1.29 is 4.79 Å². The Bertz CT molecular complexity index is 664. The minimum Gasteiger partial charge on any atom is -0.326 e. The van der Waals surface area contributed by atoms with Gasteiger partial charge in [-0.25, -0.2) is 0 Å². The predicted octanol–water partition coefficient (Wildman–Crippen LogP) is 2.58. The Labute approximate surface area is 130 Å². The Morgan fingerprint density at radius 3 is 3.14 bits per heavy atom. The van der Waals surface area contributed by atoms with E-state index in [1.807, 2.05) is 24.4 Å². The van der Waals surface area contributed by atoms with E-state index in [-0.39, 0.29) is 11.9 Å². The summed E-state index contributed by atoms with van der Waals surface area (Å²) in [5.41, 5.74) is 4.63. The van der Waals surface area contributed by atoms with Gasteiger partial charge >= 0.3 is 0 Å². The first-order chi connectivity index (χ1) is 10.6. The quantitative estimate of drug-likeness (QED) is 0.812. The zero-order valence-electron chi connectivity index (χ0n) is 13.0. The van der Waals surface area contributed by atoms with Gasteiger partial charge in [-0.3, -0.25) is 9.89 Å². The smallest absolute Gasteiger partial charge is 0.221 e. The van der Waals surface area contributed by atoms with E-state index in [1.165, 1.54) is 23.7 Å². The van der Waals surface area contributed by atoms with Crippen molar-refractivity contribution in [3.8, 4) is 0 Å². The zero-order valence-corrected chi connectivity index (χ0v) is 13.0. The summed E-state index contributed by atoms with van der Waals surface area (Å²) in [5, 5.41) is 13.7. The SMILES string of the molecule is CC(=O)Nc1cccc([C@@H](C)N[C@@H]2CCc3[nH]ncc3C2)c1. The number of hydrogen-bond acceptors (Lipinski definition) is 3. The van der Waals surface area contributed by atoms with E-state index in [9.17, 15) is 4.79 Å².